The van der Waals surface area contributed by atoms with Crippen LogP contribution in [-0.4, -0.2) is 41.4 Å². The van der Waals surface area contributed by atoms with Crippen LogP contribution in [0.3, 0.4) is 0 Å². The topological polar surface area (TPSA) is 55.8 Å². The maximum absolute atomic E-state index is 12.9. The van der Waals surface area contributed by atoms with Gasteiger partial charge >= 0.3 is 5.97 Å². The Hall–Kier alpha value is -2.90. The van der Waals surface area contributed by atoms with Gasteiger partial charge in [0, 0.05) is 11.5 Å². The van der Waals surface area contributed by atoms with Crippen molar-refractivity contribution in [3.8, 4) is 11.5 Å². The number of esters is 1. The smallest absolute Gasteiger partial charge is 0.329 e. The number of para-hydroxylation sites is 1. The molecule has 170 valence electrons. The van der Waals surface area contributed by atoms with Crippen molar-refractivity contribution in [2.75, 3.05) is 18.6 Å². The Morgan fingerprint density at radius 3 is 2.45 bits per heavy atom. The monoisotopic (exact) mass is 479 g/mol. The fourth-order valence-electron chi connectivity index (χ4n) is 3.65. The SMILES string of the molecule is COC(=O)[C@H](CSCc1ccccc1)N1C(=O)CSC1c1cccc(Oc2ccccc2)c1. The van der Waals surface area contributed by atoms with E-state index in [0.29, 0.717) is 17.3 Å². The Bertz CT molecular complexity index is 1080. The predicted octanol–water partition coefficient (Wildman–Crippen LogP) is 5.53. The number of nitrogens with zero attached hydrogens (tertiary/aromatic N) is 1. The Balaban J connectivity index is 1.52. The summed E-state index contributed by atoms with van der Waals surface area (Å²) in [7, 11) is 1.37. The second-order valence-corrected chi connectivity index (χ2v) is 9.59. The Morgan fingerprint density at radius 2 is 1.73 bits per heavy atom. The van der Waals surface area contributed by atoms with Crippen molar-refractivity contribution in [3.63, 3.8) is 0 Å². The summed E-state index contributed by atoms with van der Waals surface area (Å²) in [5.41, 5.74) is 2.09. The van der Waals surface area contributed by atoms with Gasteiger partial charge in [0.05, 0.1) is 12.9 Å². The minimum Gasteiger partial charge on any atom is -0.467 e. The Labute approximate surface area is 202 Å². The first-order valence-electron chi connectivity index (χ1n) is 10.6. The lowest BCUT2D eigenvalue weighted by Gasteiger charge is -2.31. The van der Waals surface area contributed by atoms with E-state index in [0.717, 1.165) is 17.1 Å². The maximum Gasteiger partial charge on any atom is 0.329 e. The van der Waals surface area contributed by atoms with Crippen LogP contribution in [0.5, 0.6) is 11.5 Å². The number of hydrogen-bond donors (Lipinski definition) is 0. The van der Waals surface area contributed by atoms with E-state index in [1.165, 1.54) is 24.4 Å². The molecule has 4 rings (SSSR count). The van der Waals surface area contributed by atoms with Crippen LogP contribution in [0.2, 0.25) is 0 Å². The molecule has 0 saturated carbocycles. The van der Waals surface area contributed by atoms with Crippen LogP contribution in [-0.2, 0) is 20.1 Å². The molecule has 3 aromatic carbocycles. The normalized spacial score (nSPS) is 16.5. The molecule has 5 nitrogen and oxygen atoms in total. The van der Waals surface area contributed by atoms with Crippen LogP contribution >= 0.6 is 23.5 Å². The number of benzene rings is 3. The van der Waals surface area contributed by atoms with Crippen LogP contribution in [0.15, 0.2) is 84.9 Å². The van der Waals surface area contributed by atoms with Crippen molar-refractivity contribution < 1.29 is 19.1 Å². The van der Waals surface area contributed by atoms with Crippen LogP contribution < -0.4 is 4.74 Å². The molecule has 1 aliphatic heterocycles. The van der Waals surface area contributed by atoms with Gasteiger partial charge in [0.25, 0.3) is 0 Å². The third-order valence-electron chi connectivity index (χ3n) is 5.22. The average molecular weight is 480 g/mol. The minimum atomic E-state index is -0.657. The van der Waals surface area contributed by atoms with E-state index in [4.69, 9.17) is 9.47 Å². The average Bonchev–Trinajstić information content (AvgIpc) is 3.24. The summed E-state index contributed by atoms with van der Waals surface area (Å²) in [5, 5.41) is -0.279. The molecule has 33 heavy (non-hydrogen) atoms. The summed E-state index contributed by atoms with van der Waals surface area (Å²) >= 11 is 3.14. The fraction of sp³-hybridized carbons (Fsp3) is 0.231. The summed E-state index contributed by atoms with van der Waals surface area (Å²) in [6, 6.07) is 26.7. The van der Waals surface area contributed by atoms with Gasteiger partial charge < -0.3 is 14.4 Å². The van der Waals surface area contributed by atoms with Gasteiger partial charge in [0.2, 0.25) is 5.91 Å². The molecule has 2 atom stereocenters. The van der Waals surface area contributed by atoms with E-state index in [2.05, 4.69) is 12.1 Å². The summed E-state index contributed by atoms with van der Waals surface area (Å²) in [4.78, 5) is 27.3. The summed E-state index contributed by atoms with van der Waals surface area (Å²) in [6.07, 6.45) is 0. The van der Waals surface area contributed by atoms with Gasteiger partial charge in [-0.3, -0.25) is 4.79 Å². The molecular formula is C26H25NO4S2. The number of amides is 1. The lowest BCUT2D eigenvalue weighted by atomic mass is 10.1. The number of hydrogen-bond acceptors (Lipinski definition) is 6. The molecule has 0 aliphatic carbocycles. The Morgan fingerprint density at radius 1 is 1.03 bits per heavy atom. The minimum absolute atomic E-state index is 0.0601. The van der Waals surface area contributed by atoms with Crippen LogP contribution in [0.1, 0.15) is 16.5 Å². The molecule has 3 aromatic rings. The molecule has 0 bridgehead atoms. The van der Waals surface area contributed by atoms with Gasteiger partial charge in [-0.15, -0.1) is 11.8 Å². The third-order valence-corrected chi connectivity index (χ3v) is 7.54. The van der Waals surface area contributed by atoms with Gasteiger partial charge in [-0.1, -0.05) is 60.7 Å². The highest BCUT2D eigenvalue weighted by Gasteiger charge is 2.41. The lowest BCUT2D eigenvalue weighted by molar-refractivity contribution is -0.151. The van der Waals surface area contributed by atoms with Gasteiger partial charge in [0.15, 0.2) is 0 Å². The van der Waals surface area contributed by atoms with Gasteiger partial charge in [-0.2, -0.15) is 11.8 Å². The number of rotatable bonds is 9. The third kappa shape index (κ3) is 5.92. The highest BCUT2D eigenvalue weighted by molar-refractivity contribution is 8.00. The summed E-state index contributed by atoms with van der Waals surface area (Å²) in [6.45, 7) is 0. The molecule has 1 fully saturated rings. The standard InChI is InChI=1S/C26H25NO4S2/c1-30-26(29)23(17-32-16-19-9-4-2-5-10-19)27-24(28)18-33-25(27)20-11-8-14-22(15-20)31-21-12-6-3-7-13-21/h2-15,23,25H,16-18H2,1H3/t23-,25?/m0/s1. The fourth-order valence-corrected chi connectivity index (χ4v) is 5.93. The van der Waals surface area contributed by atoms with E-state index in [9.17, 15) is 9.59 Å². The first-order valence-corrected chi connectivity index (χ1v) is 12.8. The van der Waals surface area contributed by atoms with Crippen LogP contribution in [0.25, 0.3) is 0 Å². The molecule has 1 unspecified atom stereocenters. The van der Waals surface area contributed by atoms with Gasteiger partial charge in [-0.05, 0) is 35.4 Å². The molecule has 1 heterocycles. The van der Waals surface area contributed by atoms with Gasteiger partial charge in [0.1, 0.15) is 22.9 Å². The van der Waals surface area contributed by atoms with Crippen LogP contribution in [0.4, 0.5) is 0 Å². The molecule has 1 saturated heterocycles. The summed E-state index contributed by atoms with van der Waals surface area (Å²) < 4.78 is 11.1. The molecule has 0 spiro atoms. The zero-order valence-corrected chi connectivity index (χ0v) is 19.9. The van der Waals surface area contributed by atoms with Crippen molar-refractivity contribution in [2.24, 2.45) is 0 Å². The number of ether oxygens (including phenoxy) is 2. The molecule has 1 amide bonds. The number of thioether (sulfide) groups is 2. The van der Waals surface area contributed by atoms with Crippen molar-refractivity contribution in [3.05, 3.63) is 96.1 Å². The zero-order valence-electron chi connectivity index (χ0n) is 18.3. The largest absolute Gasteiger partial charge is 0.467 e. The number of methoxy groups -OCH3 is 1. The van der Waals surface area contributed by atoms with Crippen molar-refractivity contribution >= 4 is 35.4 Å². The van der Waals surface area contributed by atoms with E-state index in [-0.39, 0.29) is 11.3 Å². The number of carbonyl (C=O) groups is 2. The highest BCUT2D eigenvalue weighted by atomic mass is 32.2. The first kappa shape index (κ1) is 23.3. The lowest BCUT2D eigenvalue weighted by Crippen LogP contribution is -2.45. The Kier molecular flexibility index (Phi) is 7.96. The predicted molar refractivity (Wildman–Crippen MR) is 133 cm³/mol. The quantitative estimate of drug-likeness (QED) is 0.376. The molecular weight excluding hydrogens is 454 g/mol. The van der Waals surface area contributed by atoms with Crippen molar-refractivity contribution in [1.82, 2.24) is 4.90 Å². The van der Waals surface area contributed by atoms with E-state index in [1.807, 2.05) is 72.8 Å². The molecule has 0 N–H and O–H groups in total. The van der Waals surface area contributed by atoms with E-state index >= 15 is 0 Å². The number of carbonyl (C=O) groups excluding carboxylic acids is 2. The van der Waals surface area contributed by atoms with Crippen molar-refractivity contribution in [1.29, 1.82) is 0 Å². The molecule has 0 aromatic heterocycles. The van der Waals surface area contributed by atoms with Crippen LogP contribution in [0, 0.1) is 0 Å². The molecule has 0 radical (unpaired) electrons. The first-order chi connectivity index (χ1) is 16.2. The maximum atomic E-state index is 12.9. The van der Waals surface area contributed by atoms with E-state index < -0.39 is 12.0 Å². The second-order valence-electron chi connectivity index (χ2n) is 7.49. The summed E-state index contributed by atoms with van der Waals surface area (Å²) in [5.74, 6) is 2.52. The second kappa shape index (κ2) is 11.3. The van der Waals surface area contributed by atoms with E-state index in [1.54, 1.807) is 16.7 Å². The molecule has 7 heteroatoms. The van der Waals surface area contributed by atoms with Gasteiger partial charge in [-0.25, -0.2) is 4.79 Å². The zero-order chi connectivity index (χ0) is 23.0. The molecule has 1 aliphatic rings. The highest BCUT2D eigenvalue weighted by Crippen LogP contribution is 2.42. The van der Waals surface area contributed by atoms with Crippen molar-refractivity contribution in [2.45, 2.75) is 17.2 Å².